The Labute approximate surface area is 151 Å². The third kappa shape index (κ3) is 8.84. The molecule has 5 nitrogen and oxygen atoms in total. The van der Waals surface area contributed by atoms with Crippen LogP contribution < -0.4 is 0 Å². The van der Waals surface area contributed by atoms with E-state index in [1.165, 1.54) is 0 Å². The molecule has 0 spiro atoms. The average Bonchev–Trinajstić information content (AvgIpc) is 2.82. The number of aliphatic carboxylic acids is 1. The van der Waals surface area contributed by atoms with Crippen molar-refractivity contribution in [1.29, 1.82) is 0 Å². The lowest BCUT2D eigenvalue weighted by Gasteiger charge is -2.23. The molecule has 0 aliphatic heterocycles. The normalized spacial score (nSPS) is 27.8. The predicted molar refractivity (Wildman–Crippen MR) is 98.2 cm³/mol. The summed E-state index contributed by atoms with van der Waals surface area (Å²) < 4.78 is 0. The fraction of sp³-hybridized carbons (Fsp3) is 0.850. The van der Waals surface area contributed by atoms with Crippen molar-refractivity contribution < 1.29 is 25.2 Å². The second-order valence-corrected chi connectivity index (χ2v) is 7.42. The van der Waals surface area contributed by atoms with Crippen LogP contribution >= 0.6 is 0 Å². The van der Waals surface area contributed by atoms with E-state index in [2.05, 4.69) is 6.92 Å². The Morgan fingerprint density at radius 3 is 2.48 bits per heavy atom. The second-order valence-electron chi connectivity index (χ2n) is 7.42. The minimum absolute atomic E-state index is 0.0218. The van der Waals surface area contributed by atoms with Crippen molar-refractivity contribution >= 4 is 5.97 Å². The van der Waals surface area contributed by atoms with Gasteiger partial charge in [0.1, 0.15) is 0 Å². The first-order valence-corrected chi connectivity index (χ1v) is 9.86. The van der Waals surface area contributed by atoms with E-state index < -0.39 is 18.2 Å². The largest absolute Gasteiger partial charge is 0.481 e. The van der Waals surface area contributed by atoms with Crippen LogP contribution in [0.4, 0.5) is 0 Å². The van der Waals surface area contributed by atoms with Gasteiger partial charge in [-0.05, 0) is 56.8 Å². The van der Waals surface area contributed by atoms with E-state index in [0.717, 1.165) is 38.5 Å². The number of carbonyl (C=O) groups is 1. The van der Waals surface area contributed by atoms with Gasteiger partial charge >= 0.3 is 5.97 Å². The van der Waals surface area contributed by atoms with E-state index >= 15 is 0 Å². The zero-order chi connectivity index (χ0) is 18.7. The van der Waals surface area contributed by atoms with E-state index in [1.807, 2.05) is 12.2 Å². The molecule has 0 saturated heterocycles. The summed E-state index contributed by atoms with van der Waals surface area (Å²) in [7, 11) is 0. The number of allylic oxidation sites excluding steroid dienone is 2. The summed E-state index contributed by atoms with van der Waals surface area (Å²) in [5, 5.41) is 39.1. The molecule has 1 aliphatic carbocycles. The number of unbranched alkanes of at least 4 members (excludes halogenated alkanes) is 3. The van der Waals surface area contributed by atoms with Crippen LogP contribution in [0.3, 0.4) is 0 Å². The topological polar surface area (TPSA) is 98.0 Å². The maximum atomic E-state index is 10.5. The first-order chi connectivity index (χ1) is 12.0. The van der Waals surface area contributed by atoms with Crippen LogP contribution in [-0.4, -0.2) is 44.7 Å². The third-order valence-electron chi connectivity index (χ3n) is 5.33. The number of rotatable bonds is 13. The number of aliphatic hydroxyl groups excluding tert-OH is 3. The van der Waals surface area contributed by atoms with Crippen LogP contribution in [0.5, 0.6) is 0 Å². The lowest BCUT2D eigenvalue weighted by molar-refractivity contribution is -0.137. The molecule has 0 aromatic heterocycles. The number of aliphatic hydroxyl groups is 3. The van der Waals surface area contributed by atoms with E-state index in [4.69, 9.17) is 5.11 Å². The molecule has 0 radical (unpaired) electrons. The fourth-order valence-electron chi connectivity index (χ4n) is 3.81. The number of hydrogen-bond donors (Lipinski definition) is 4. The molecule has 1 aliphatic rings. The summed E-state index contributed by atoms with van der Waals surface area (Å²) in [4.78, 5) is 10.5. The van der Waals surface area contributed by atoms with Gasteiger partial charge in [-0.2, -0.15) is 0 Å². The molecule has 0 bridgehead atoms. The molecular weight excluding hydrogens is 320 g/mol. The molecule has 5 atom stereocenters. The van der Waals surface area contributed by atoms with Crippen molar-refractivity contribution in [3.05, 3.63) is 12.2 Å². The quantitative estimate of drug-likeness (QED) is 0.300. The monoisotopic (exact) mass is 356 g/mol. The highest BCUT2D eigenvalue weighted by Crippen LogP contribution is 2.38. The highest BCUT2D eigenvalue weighted by molar-refractivity contribution is 5.66. The molecule has 146 valence electrons. The molecule has 0 aromatic rings. The Balaban J connectivity index is 2.36. The Bertz CT molecular complexity index is 396. The van der Waals surface area contributed by atoms with Crippen molar-refractivity contribution in [3.63, 3.8) is 0 Å². The van der Waals surface area contributed by atoms with E-state index in [1.54, 1.807) is 0 Å². The summed E-state index contributed by atoms with van der Waals surface area (Å²) in [5.74, 6) is -0.728. The minimum Gasteiger partial charge on any atom is -0.481 e. The Kier molecular flexibility index (Phi) is 11.0. The van der Waals surface area contributed by atoms with Crippen LogP contribution in [0.25, 0.3) is 0 Å². The van der Waals surface area contributed by atoms with Gasteiger partial charge in [0, 0.05) is 6.42 Å². The molecular formula is C20H36O5. The van der Waals surface area contributed by atoms with Gasteiger partial charge in [-0.3, -0.25) is 4.79 Å². The van der Waals surface area contributed by atoms with Crippen LogP contribution in [0.2, 0.25) is 0 Å². The van der Waals surface area contributed by atoms with Crippen LogP contribution in [0.15, 0.2) is 12.2 Å². The molecule has 0 amide bonds. The van der Waals surface area contributed by atoms with Crippen molar-refractivity contribution in [3.8, 4) is 0 Å². The predicted octanol–water partition coefficient (Wildman–Crippen LogP) is 3.27. The van der Waals surface area contributed by atoms with E-state index in [9.17, 15) is 20.1 Å². The highest BCUT2D eigenvalue weighted by atomic mass is 16.4. The minimum atomic E-state index is -0.778. The summed E-state index contributed by atoms with van der Waals surface area (Å²) in [6.07, 6.45) is 10.8. The van der Waals surface area contributed by atoms with Gasteiger partial charge in [0.05, 0.1) is 18.3 Å². The Morgan fingerprint density at radius 1 is 1.08 bits per heavy atom. The van der Waals surface area contributed by atoms with E-state index in [0.29, 0.717) is 25.7 Å². The first kappa shape index (κ1) is 22.1. The van der Waals surface area contributed by atoms with Crippen LogP contribution in [0.1, 0.15) is 77.6 Å². The van der Waals surface area contributed by atoms with Crippen molar-refractivity contribution in [1.82, 2.24) is 0 Å². The molecule has 4 N–H and O–H groups in total. The molecule has 1 rings (SSSR count). The summed E-state index contributed by atoms with van der Waals surface area (Å²) in [6.45, 7) is 2.14. The van der Waals surface area contributed by atoms with Crippen LogP contribution in [-0.2, 0) is 4.79 Å². The molecule has 1 saturated carbocycles. The van der Waals surface area contributed by atoms with Gasteiger partial charge in [0.15, 0.2) is 0 Å². The second kappa shape index (κ2) is 12.4. The summed E-state index contributed by atoms with van der Waals surface area (Å²) in [5.41, 5.74) is 0. The SMILES string of the molecule is CCCCC[C@H](O)CC[C@@H]1[C@@H](CC=CCCCC(=O)O)[C@@H](O)C[C@H]1O. The average molecular weight is 357 g/mol. The van der Waals surface area contributed by atoms with Gasteiger partial charge in [0.2, 0.25) is 0 Å². The number of carboxylic acids is 1. The highest BCUT2D eigenvalue weighted by Gasteiger charge is 2.40. The van der Waals surface area contributed by atoms with Gasteiger partial charge in [-0.25, -0.2) is 0 Å². The Morgan fingerprint density at radius 2 is 1.80 bits per heavy atom. The molecule has 25 heavy (non-hydrogen) atoms. The number of hydrogen-bond acceptors (Lipinski definition) is 4. The molecule has 5 heteroatoms. The molecule has 1 fully saturated rings. The maximum Gasteiger partial charge on any atom is 0.303 e. The molecule has 0 aromatic carbocycles. The van der Waals surface area contributed by atoms with Gasteiger partial charge < -0.3 is 20.4 Å². The summed E-state index contributed by atoms with van der Waals surface area (Å²) >= 11 is 0. The lowest BCUT2D eigenvalue weighted by atomic mass is 9.85. The third-order valence-corrected chi connectivity index (χ3v) is 5.33. The molecule has 0 heterocycles. The lowest BCUT2D eigenvalue weighted by Crippen LogP contribution is -2.23. The van der Waals surface area contributed by atoms with Crippen molar-refractivity contribution in [2.45, 2.75) is 95.9 Å². The van der Waals surface area contributed by atoms with Crippen LogP contribution in [0, 0.1) is 11.8 Å². The standard InChI is InChI=1S/C20H36O5/c1-2-3-6-9-15(21)12-13-17-16(18(22)14-19(17)23)10-7-4-5-8-11-20(24)25/h4,7,15-19,21-23H,2-3,5-6,8-14H2,1H3,(H,24,25)/t15-,16+,17+,18-,19+/m0/s1. The van der Waals surface area contributed by atoms with E-state index in [-0.39, 0.29) is 24.4 Å². The van der Waals surface area contributed by atoms with Crippen molar-refractivity contribution in [2.75, 3.05) is 0 Å². The summed E-state index contributed by atoms with van der Waals surface area (Å²) in [6, 6.07) is 0. The van der Waals surface area contributed by atoms with Gasteiger partial charge in [0.25, 0.3) is 0 Å². The zero-order valence-corrected chi connectivity index (χ0v) is 15.5. The zero-order valence-electron chi connectivity index (χ0n) is 15.5. The first-order valence-electron chi connectivity index (χ1n) is 9.86. The maximum absolute atomic E-state index is 10.5. The Hall–Kier alpha value is -0.910. The number of carboxylic acid groups (broad SMARTS) is 1. The van der Waals surface area contributed by atoms with Gasteiger partial charge in [-0.1, -0.05) is 38.3 Å². The molecule has 0 unspecified atom stereocenters. The smallest absolute Gasteiger partial charge is 0.303 e. The fourth-order valence-corrected chi connectivity index (χ4v) is 3.81. The van der Waals surface area contributed by atoms with Crippen molar-refractivity contribution in [2.24, 2.45) is 11.8 Å². The van der Waals surface area contributed by atoms with Gasteiger partial charge in [-0.15, -0.1) is 0 Å².